The first kappa shape index (κ1) is 6.29. The van der Waals surface area contributed by atoms with E-state index in [0.29, 0.717) is 5.82 Å². The smallest absolute Gasteiger partial charge is 0.132 e. The van der Waals surface area contributed by atoms with Gasteiger partial charge in [0, 0.05) is 11.9 Å². The number of nitrogens with one attached hydrogen (secondary N) is 1. The van der Waals surface area contributed by atoms with Gasteiger partial charge in [0.15, 0.2) is 0 Å². The van der Waals surface area contributed by atoms with E-state index in [-0.39, 0.29) is 6.61 Å². The van der Waals surface area contributed by atoms with Crippen LogP contribution >= 0.6 is 0 Å². The van der Waals surface area contributed by atoms with E-state index in [0.717, 1.165) is 12.1 Å². The first-order chi connectivity index (χ1) is 4.36. The van der Waals surface area contributed by atoms with Crippen LogP contribution in [0.5, 0.6) is 0 Å². The molecule has 1 aromatic rings. The van der Waals surface area contributed by atoms with Crippen molar-refractivity contribution in [3.8, 4) is 0 Å². The van der Waals surface area contributed by atoms with Gasteiger partial charge in [0.1, 0.15) is 12.4 Å². The van der Waals surface area contributed by atoms with Gasteiger partial charge in [-0.25, -0.2) is 4.98 Å². The first-order valence-corrected chi connectivity index (χ1v) is 3.00. The number of rotatable bonds is 2. The van der Waals surface area contributed by atoms with Crippen LogP contribution in [-0.2, 0) is 13.0 Å². The van der Waals surface area contributed by atoms with E-state index >= 15 is 0 Å². The Balaban J connectivity index is 2.74. The van der Waals surface area contributed by atoms with Gasteiger partial charge in [-0.15, -0.1) is 0 Å². The van der Waals surface area contributed by atoms with Crippen molar-refractivity contribution >= 4 is 0 Å². The van der Waals surface area contributed by atoms with Crippen LogP contribution in [-0.4, -0.2) is 15.1 Å². The molecule has 0 spiro atoms. The second-order valence-electron chi connectivity index (χ2n) is 1.87. The predicted octanol–water partition coefficient (Wildman–Crippen LogP) is 0.464. The molecular weight excluding hydrogens is 116 g/mol. The molecule has 1 rings (SSSR count). The molecule has 9 heavy (non-hydrogen) atoms. The topological polar surface area (TPSA) is 48.9 Å². The van der Waals surface area contributed by atoms with Gasteiger partial charge in [-0.3, -0.25) is 0 Å². The largest absolute Gasteiger partial charge is 0.388 e. The Labute approximate surface area is 53.7 Å². The second kappa shape index (κ2) is 2.64. The number of aliphatic hydroxyl groups is 1. The van der Waals surface area contributed by atoms with Gasteiger partial charge in [-0.1, -0.05) is 6.92 Å². The Morgan fingerprint density at radius 3 is 2.89 bits per heavy atom. The number of aromatic amines is 1. The maximum atomic E-state index is 8.55. The van der Waals surface area contributed by atoms with E-state index in [2.05, 4.69) is 9.97 Å². The summed E-state index contributed by atoms with van der Waals surface area (Å²) in [6, 6.07) is 0. The highest BCUT2D eigenvalue weighted by Crippen LogP contribution is 1.96. The van der Waals surface area contributed by atoms with Crippen molar-refractivity contribution in [1.82, 2.24) is 9.97 Å². The lowest BCUT2D eigenvalue weighted by molar-refractivity contribution is 0.272. The molecule has 0 atom stereocenters. The molecule has 0 aliphatic rings. The molecule has 0 saturated heterocycles. The number of H-pyrrole nitrogens is 1. The van der Waals surface area contributed by atoms with Crippen molar-refractivity contribution in [1.29, 1.82) is 0 Å². The van der Waals surface area contributed by atoms with Gasteiger partial charge < -0.3 is 10.1 Å². The zero-order valence-corrected chi connectivity index (χ0v) is 5.39. The molecule has 0 bridgehead atoms. The average molecular weight is 126 g/mol. The van der Waals surface area contributed by atoms with Crippen LogP contribution in [0.25, 0.3) is 0 Å². The molecule has 0 radical (unpaired) electrons. The van der Waals surface area contributed by atoms with Crippen LogP contribution in [0, 0.1) is 0 Å². The predicted molar refractivity (Wildman–Crippen MR) is 33.9 cm³/mol. The van der Waals surface area contributed by atoms with Crippen LogP contribution in [0.1, 0.15) is 18.4 Å². The third-order valence-corrected chi connectivity index (χ3v) is 1.21. The Morgan fingerprint density at radius 1 is 1.78 bits per heavy atom. The van der Waals surface area contributed by atoms with Crippen molar-refractivity contribution in [3.05, 3.63) is 17.7 Å². The minimum Gasteiger partial charge on any atom is -0.388 e. The minimum absolute atomic E-state index is 0. The van der Waals surface area contributed by atoms with Crippen molar-refractivity contribution in [3.63, 3.8) is 0 Å². The molecule has 0 aliphatic carbocycles. The number of aryl methyl sites for hydroxylation is 1. The molecule has 0 amide bonds. The minimum atomic E-state index is 0. The molecule has 1 heterocycles. The molecule has 0 unspecified atom stereocenters. The molecule has 2 N–H and O–H groups in total. The fourth-order valence-corrected chi connectivity index (χ4v) is 0.666. The van der Waals surface area contributed by atoms with Crippen LogP contribution < -0.4 is 0 Å². The van der Waals surface area contributed by atoms with Crippen LogP contribution in [0.2, 0.25) is 0 Å². The van der Waals surface area contributed by atoms with Crippen molar-refractivity contribution in [2.75, 3.05) is 0 Å². The summed E-state index contributed by atoms with van der Waals surface area (Å²) in [4.78, 5) is 6.85. The van der Waals surface area contributed by atoms with Crippen molar-refractivity contribution < 1.29 is 5.11 Å². The Morgan fingerprint density at radius 2 is 2.56 bits per heavy atom. The van der Waals surface area contributed by atoms with Gasteiger partial charge in [0.05, 0.1) is 0 Å². The van der Waals surface area contributed by atoms with E-state index in [1.165, 1.54) is 0 Å². The Bertz CT molecular complexity index is 164. The van der Waals surface area contributed by atoms with Crippen LogP contribution in [0.15, 0.2) is 6.20 Å². The molecule has 0 fully saturated rings. The third kappa shape index (κ3) is 1.29. The lowest BCUT2D eigenvalue weighted by Gasteiger charge is -1.85. The highest BCUT2D eigenvalue weighted by Gasteiger charge is 1.93. The van der Waals surface area contributed by atoms with Crippen LogP contribution in [0.4, 0.5) is 0 Å². The maximum Gasteiger partial charge on any atom is 0.132 e. The molecule has 3 nitrogen and oxygen atoms in total. The highest BCUT2D eigenvalue weighted by atomic mass is 16.3. The summed E-state index contributed by atoms with van der Waals surface area (Å²) in [5.41, 5.74) is 1.07. The zero-order valence-electron chi connectivity index (χ0n) is 5.39. The highest BCUT2D eigenvalue weighted by molar-refractivity contribution is 4.99. The maximum absolute atomic E-state index is 8.55. The standard InChI is InChI=1S/C6H10N2O/c1-2-5-3-7-6(4-9)8-5/h3,9H,2,4H2,1H3,(H,7,8). The molecular formula is C6H10N2O. The molecule has 0 saturated carbocycles. The summed E-state index contributed by atoms with van der Waals surface area (Å²) in [6.45, 7) is 2.04. The average Bonchev–Trinajstić information content (AvgIpc) is 2.34. The number of nitrogens with zero attached hydrogens (tertiary/aromatic N) is 1. The van der Waals surface area contributed by atoms with Gasteiger partial charge >= 0.3 is 0 Å². The summed E-state index contributed by atoms with van der Waals surface area (Å²) in [6.07, 6.45) is 2.68. The zero-order chi connectivity index (χ0) is 6.69. The Kier molecular flexibility index (Phi) is 1.85. The monoisotopic (exact) mass is 126 g/mol. The summed E-state index contributed by atoms with van der Waals surface area (Å²) in [5.74, 6) is 0.645. The summed E-state index contributed by atoms with van der Waals surface area (Å²) >= 11 is 0. The normalized spacial score (nSPS) is 10.0. The van der Waals surface area contributed by atoms with E-state index < -0.39 is 0 Å². The number of aromatic nitrogens is 2. The van der Waals surface area contributed by atoms with Gasteiger partial charge in [0.25, 0.3) is 0 Å². The second-order valence-corrected chi connectivity index (χ2v) is 1.87. The van der Waals surface area contributed by atoms with Crippen molar-refractivity contribution in [2.24, 2.45) is 0 Å². The number of hydrogen-bond acceptors (Lipinski definition) is 2. The van der Waals surface area contributed by atoms with Crippen molar-refractivity contribution in [2.45, 2.75) is 20.0 Å². The lowest BCUT2D eigenvalue weighted by atomic mass is 10.4. The fourth-order valence-electron chi connectivity index (χ4n) is 0.666. The van der Waals surface area contributed by atoms with Gasteiger partial charge in [-0.2, -0.15) is 0 Å². The Hall–Kier alpha value is -0.830. The quantitative estimate of drug-likeness (QED) is 0.605. The molecule has 1 aromatic heterocycles. The SMILES string of the molecule is CCc1cnc(CO)[nH]1. The number of imidazole rings is 1. The van der Waals surface area contributed by atoms with E-state index in [9.17, 15) is 0 Å². The summed E-state index contributed by atoms with van der Waals surface area (Å²) < 4.78 is 0. The fraction of sp³-hybridized carbons (Fsp3) is 0.500. The van der Waals surface area contributed by atoms with E-state index in [1.54, 1.807) is 6.20 Å². The summed E-state index contributed by atoms with van der Waals surface area (Å²) in [7, 11) is 0. The molecule has 3 heteroatoms. The summed E-state index contributed by atoms with van der Waals surface area (Å²) in [5, 5.41) is 8.55. The van der Waals surface area contributed by atoms with Gasteiger partial charge in [-0.05, 0) is 6.42 Å². The first-order valence-electron chi connectivity index (χ1n) is 3.00. The molecule has 0 aromatic carbocycles. The van der Waals surface area contributed by atoms with E-state index in [4.69, 9.17) is 5.11 Å². The molecule has 50 valence electrons. The number of hydrogen-bond donors (Lipinski definition) is 2. The van der Waals surface area contributed by atoms with E-state index in [1.807, 2.05) is 6.92 Å². The van der Waals surface area contributed by atoms with Crippen LogP contribution in [0.3, 0.4) is 0 Å². The van der Waals surface area contributed by atoms with Gasteiger partial charge in [0.2, 0.25) is 0 Å². The number of aliphatic hydroxyl groups excluding tert-OH is 1. The lowest BCUT2D eigenvalue weighted by Crippen LogP contribution is -1.85. The third-order valence-electron chi connectivity index (χ3n) is 1.21. The molecule has 0 aliphatic heterocycles.